The summed E-state index contributed by atoms with van der Waals surface area (Å²) in [7, 11) is 2.02. The third-order valence-electron chi connectivity index (χ3n) is 3.44. The summed E-state index contributed by atoms with van der Waals surface area (Å²) in [5.41, 5.74) is 0. The molecule has 0 radical (unpaired) electrons. The van der Waals surface area contributed by atoms with Gasteiger partial charge in [0, 0.05) is 32.1 Å². The van der Waals surface area contributed by atoms with Crippen molar-refractivity contribution in [3.05, 3.63) is 0 Å². The van der Waals surface area contributed by atoms with Crippen LogP contribution in [0.2, 0.25) is 0 Å². The Morgan fingerprint density at radius 3 is 2.75 bits per heavy atom. The molecule has 2 atom stereocenters. The molecule has 1 rings (SSSR count). The number of likely N-dealkylation sites (N-methyl/N-ethyl adjacent to an activating group) is 1. The molecule has 0 aromatic heterocycles. The van der Waals surface area contributed by atoms with Gasteiger partial charge in [-0.25, -0.2) is 0 Å². The molecule has 1 N–H and O–H groups in total. The summed E-state index contributed by atoms with van der Waals surface area (Å²) in [6, 6.07) is 0.476. The van der Waals surface area contributed by atoms with Crippen LogP contribution in [0.15, 0.2) is 0 Å². The standard InChI is InChI=1S/C12H24N2O2/c1-4-10(2)13(3)8-11(15)9-14-7-5-6-12(14)16/h10-11,15H,4-9H2,1-3H3. The molecule has 0 aliphatic carbocycles. The summed E-state index contributed by atoms with van der Waals surface area (Å²) >= 11 is 0. The minimum absolute atomic E-state index is 0.185. The van der Waals surface area contributed by atoms with Crippen molar-refractivity contribution in [1.29, 1.82) is 0 Å². The second-order valence-electron chi connectivity index (χ2n) is 4.79. The molecule has 4 heteroatoms. The summed E-state index contributed by atoms with van der Waals surface area (Å²) in [5, 5.41) is 9.91. The van der Waals surface area contributed by atoms with Crippen LogP contribution in [0.1, 0.15) is 33.1 Å². The zero-order valence-corrected chi connectivity index (χ0v) is 10.6. The second-order valence-corrected chi connectivity index (χ2v) is 4.79. The monoisotopic (exact) mass is 228 g/mol. The second kappa shape index (κ2) is 6.21. The van der Waals surface area contributed by atoms with Crippen molar-refractivity contribution >= 4 is 5.91 Å². The van der Waals surface area contributed by atoms with Gasteiger partial charge >= 0.3 is 0 Å². The van der Waals surface area contributed by atoms with Gasteiger partial charge < -0.3 is 14.9 Å². The highest BCUT2D eigenvalue weighted by Gasteiger charge is 2.23. The Labute approximate surface area is 98.2 Å². The molecule has 0 saturated carbocycles. The van der Waals surface area contributed by atoms with Crippen LogP contribution < -0.4 is 0 Å². The van der Waals surface area contributed by atoms with Gasteiger partial charge in [0.15, 0.2) is 0 Å². The Hall–Kier alpha value is -0.610. The molecule has 1 heterocycles. The highest BCUT2D eigenvalue weighted by molar-refractivity contribution is 5.78. The zero-order valence-electron chi connectivity index (χ0n) is 10.6. The van der Waals surface area contributed by atoms with Crippen LogP contribution in [-0.2, 0) is 4.79 Å². The van der Waals surface area contributed by atoms with Crippen molar-refractivity contribution in [3.63, 3.8) is 0 Å². The first kappa shape index (κ1) is 13.5. The number of amides is 1. The number of aliphatic hydroxyl groups excluding tert-OH is 1. The number of carbonyl (C=O) groups excluding carboxylic acids is 1. The molecule has 1 saturated heterocycles. The maximum absolute atomic E-state index is 11.4. The predicted octanol–water partition coefficient (Wildman–Crippen LogP) is 0.700. The predicted molar refractivity (Wildman–Crippen MR) is 64.2 cm³/mol. The Kier molecular flexibility index (Phi) is 5.22. The van der Waals surface area contributed by atoms with Crippen LogP contribution in [0.5, 0.6) is 0 Å². The van der Waals surface area contributed by atoms with Crippen LogP contribution in [-0.4, -0.2) is 59.6 Å². The molecule has 94 valence electrons. The van der Waals surface area contributed by atoms with E-state index in [4.69, 9.17) is 0 Å². The first-order valence-electron chi connectivity index (χ1n) is 6.20. The fourth-order valence-corrected chi connectivity index (χ4v) is 2.03. The number of nitrogens with zero attached hydrogens (tertiary/aromatic N) is 2. The quantitative estimate of drug-likeness (QED) is 0.728. The van der Waals surface area contributed by atoms with Crippen molar-refractivity contribution < 1.29 is 9.90 Å². The Morgan fingerprint density at radius 1 is 1.56 bits per heavy atom. The lowest BCUT2D eigenvalue weighted by Gasteiger charge is -2.28. The van der Waals surface area contributed by atoms with Crippen LogP contribution in [0.3, 0.4) is 0 Å². The summed E-state index contributed by atoms with van der Waals surface area (Å²) in [5.74, 6) is 0.185. The van der Waals surface area contributed by atoms with Gasteiger partial charge in [0.1, 0.15) is 0 Å². The smallest absolute Gasteiger partial charge is 0.222 e. The van der Waals surface area contributed by atoms with E-state index in [1.165, 1.54) is 0 Å². The van der Waals surface area contributed by atoms with Gasteiger partial charge in [0.2, 0.25) is 5.91 Å². The lowest BCUT2D eigenvalue weighted by atomic mass is 10.2. The Morgan fingerprint density at radius 2 is 2.25 bits per heavy atom. The molecule has 1 aliphatic heterocycles. The number of rotatable bonds is 6. The van der Waals surface area contributed by atoms with Crippen molar-refractivity contribution in [3.8, 4) is 0 Å². The van der Waals surface area contributed by atoms with Gasteiger partial charge in [0.25, 0.3) is 0 Å². The normalized spacial score (nSPS) is 20.6. The van der Waals surface area contributed by atoms with Crippen molar-refractivity contribution in [2.24, 2.45) is 0 Å². The molecule has 1 amide bonds. The van der Waals surface area contributed by atoms with Crippen LogP contribution >= 0.6 is 0 Å². The number of carbonyl (C=O) groups is 1. The average Bonchev–Trinajstić information content (AvgIpc) is 2.63. The molecular formula is C12H24N2O2. The molecule has 0 aromatic rings. The van der Waals surface area contributed by atoms with E-state index < -0.39 is 6.10 Å². The lowest BCUT2D eigenvalue weighted by molar-refractivity contribution is -0.129. The fraction of sp³-hybridized carbons (Fsp3) is 0.917. The van der Waals surface area contributed by atoms with Crippen molar-refractivity contribution in [1.82, 2.24) is 9.80 Å². The van der Waals surface area contributed by atoms with E-state index >= 15 is 0 Å². The molecule has 0 aromatic carbocycles. The zero-order chi connectivity index (χ0) is 12.1. The Bertz CT molecular complexity index is 233. The minimum atomic E-state index is -0.430. The topological polar surface area (TPSA) is 43.8 Å². The Balaban J connectivity index is 2.29. The van der Waals surface area contributed by atoms with Gasteiger partial charge in [-0.1, -0.05) is 6.92 Å². The van der Waals surface area contributed by atoms with Crippen LogP contribution in [0.4, 0.5) is 0 Å². The van der Waals surface area contributed by atoms with E-state index in [2.05, 4.69) is 18.7 Å². The molecule has 1 aliphatic rings. The molecular weight excluding hydrogens is 204 g/mol. The SMILES string of the molecule is CCC(C)N(C)CC(O)CN1CCCC1=O. The number of aliphatic hydroxyl groups is 1. The third kappa shape index (κ3) is 3.76. The van der Waals surface area contributed by atoms with E-state index in [9.17, 15) is 9.90 Å². The summed E-state index contributed by atoms with van der Waals surface area (Å²) in [4.78, 5) is 15.3. The molecule has 0 bridgehead atoms. The number of β-amino-alcohol motifs (C(OH)–C–C–N with tert-alkyl or cyclic N) is 1. The van der Waals surface area contributed by atoms with E-state index in [0.29, 0.717) is 25.6 Å². The number of likely N-dealkylation sites (tertiary alicyclic amines) is 1. The van der Waals surface area contributed by atoms with Crippen LogP contribution in [0, 0.1) is 0 Å². The van der Waals surface area contributed by atoms with Crippen molar-refractivity contribution in [2.45, 2.75) is 45.3 Å². The maximum atomic E-state index is 11.4. The first-order chi connectivity index (χ1) is 7.54. The van der Waals surface area contributed by atoms with Gasteiger partial charge in [0.05, 0.1) is 6.10 Å². The van der Waals surface area contributed by atoms with E-state index in [1.54, 1.807) is 4.90 Å². The summed E-state index contributed by atoms with van der Waals surface area (Å²) in [6.07, 6.45) is 2.23. The van der Waals surface area contributed by atoms with Gasteiger partial charge in [-0.05, 0) is 26.8 Å². The third-order valence-corrected chi connectivity index (χ3v) is 3.44. The van der Waals surface area contributed by atoms with Crippen molar-refractivity contribution in [2.75, 3.05) is 26.7 Å². The highest BCUT2D eigenvalue weighted by Crippen LogP contribution is 2.10. The molecule has 0 spiro atoms. The van der Waals surface area contributed by atoms with Gasteiger partial charge in [-0.3, -0.25) is 4.79 Å². The number of hydrogen-bond acceptors (Lipinski definition) is 3. The molecule has 2 unspecified atom stereocenters. The average molecular weight is 228 g/mol. The fourth-order valence-electron chi connectivity index (χ4n) is 2.03. The molecule has 16 heavy (non-hydrogen) atoms. The molecule has 4 nitrogen and oxygen atoms in total. The molecule has 1 fully saturated rings. The maximum Gasteiger partial charge on any atom is 0.222 e. The summed E-state index contributed by atoms with van der Waals surface area (Å²) in [6.45, 7) is 6.21. The number of hydrogen-bond donors (Lipinski definition) is 1. The van der Waals surface area contributed by atoms with Gasteiger partial charge in [-0.15, -0.1) is 0 Å². The lowest BCUT2D eigenvalue weighted by Crippen LogP contribution is -2.42. The van der Waals surface area contributed by atoms with E-state index in [-0.39, 0.29) is 5.91 Å². The van der Waals surface area contributed by atoms with Crippen LogP contribution in [0.25, 0.3) is 0 Å². The summed E-state index contributed by atoms with van der Waals surface area (Å²) < 4.78 is 0. The highest BCUT2D eigenvalue weighted by atomic mass is 16.3. The minimum Gasteiger partial charge on any atom is -0.390 e. The van der Waals surface area contributed by atoms with E-state index in [0.717, 1.165) is 19.4 Å². The largest absolute Gasteiger partial charge is 0.390 e. The first-order valence-corrected chi connectivity index (χ1v) is 6.20. The van der Waals surface area contributed by atoms with Gasteiger partial charge in [-0.2, -0.15) is 0 Å². The van der Waals surface area contributed by atoms with E-state index in [1.807, 2.05) is 7.05 Å².